The lowest BCUT2D eigenvalue weighted by Crippen LogP contribution is -2.37. The van der Waals surface area contributed by atoms with Gasteiger partial charge >= 0.3 is 0 Å². The minimum atomic E-state index is -4.09. The summed E-state index contributed by atoms with van der Waals surface area (Å²) in [5.41, 5.74) is 0. The Labute approximate surface area is 116 Å². The van der Waals surface area contributed by atoms with Gasteiger partial charge in [0, 0.05) is 25.4 Å². The van der Waals surface area contributed by atoms with E-state index in [-0.39, 0.29) is 11.4 Å². The molecule has 9 heteroatoms. The van der Waals surface area contributed by atoms with Crippen LogP contribution < -0.4 is 5.32 Å². The first-order valence-corrected chi connectivity index (χ1v) is 7.45. The third kappa shape index (κ3) is 4.36. The lowest BCUT2D eigenvalue weighted by atomic mass is 10.4. The Bertz CT molecular complexity index is 525. The van der Waals surface area contributed by atoms with Crippen LogP contribution in [-0.4, -0.2) is 55.5 Å². The van der Waals surface area contributed by atoms with Gasteiger partial charge in [-0.2, -0.15) is 4.31 Å². The average molecular weight is 309 g/mol. The third-order valence-electron chi connectivity index (χ3n) is 2.42. The Balaban J connectivity index is 3.08. The summed E-state index contributed by atoms with van der Waals surface area (Å²) in [6.45, 7) is 0.496. The molecule has 0 spiro atoms. The van der Waals surface area contributed by atoms with E-state index < -0.39 is 29.6 Å². The van der Waals surface area contributed by atoms with Gasteiger partial charge in [-0.3, -0.25) is 0 Å². The molecule has 1 heterocycles. The molecule has 0 fully saturated rings. The molecule has 0 atom stereocenters. The topological polar surface area (TPSA) is 82.5 Å². The van der Waals surface area contributed by atoms with Crippen molar-refractivity contribution in [2.45, 2.75) is 18.2 Å². The van der Waals surface area contributed by atoms with E-state index in [2.05, 4.69) is 10.3 Å². The van der Waals surface area contributed by atoms with Gasteiger partial charge in [0.2, 0.25) is 10.0 Å². The van der Waals surface area contributed by atoms with Gasteiger partial charge < -0.3 is 10.4 Å². The molecule has 0 aliphatic carbocycles. The van der Waals surface area contributed by atoms with Crippen LogP contribution in [0.2, 0.25) is 0 Å². The van der Waals surface area contributed by atoms with E-state index in [4.69, 9.17) is 5.11 Å². The first-order valence-electron chi connectivity index (χ1n) is 6.01. The van der Waals surface area contributed by atoms with Gasteiger partial charge in [-0.15, -0.1) is 0 Å². The molecule has 0 saturated carbocycles. The zero-order valence-electron chi connectivity index (χ0n) is 11.0. The average Bonchev–Trinajstić information content (AvgIpc) is 2.38. The van der Waals surface area contributed by atoms with Crippen molar-refractivity contribution in [3.05, 3.63) is 18.3 Å². The van der Waals surface area contributed by atoms with Crippen LogP contribution in [0.25, 0.3) is 0 Å². The van der Waals surface area contributed by atoms with E-state index in [1.54, 1.807) is 0 Å². The van der Waals surface area contributed by atoms with Gasteiger partial charge in [-0.05, 0) is 13.0 Å². The first-order chi connectivity index (χ1) is 9.41. The van der Waals surface area contributed by atoms with Gasteiger partial charge in [-0.25, -0.2) is 22.2 Å². The van der Waals surface area contributed by atoms with Crippen molar-refractivity contribution < 1.29 is 22.3 Å². The lowest BCUT2D eigenvalue weighted by Gasteiger charge is -2.21. The van der Waals surface area contributed by atoms with Gasteiger partial charge in [0.15, 0.2) is 0 Å². The van der Waals surface area contributed by atoms with Crippen LogP contribution in [0, 0.1) is 0 Å². The van der Waals surface area contributed by atoms with Gasteiger partial charge in [-0.1, -0.05) is 0 Å². The Kier molecular flexibility index (Phi) is 6.24. The molecule has 0 unspecified atom stereocenters. The van der Waals surface area contributed by atoms with Crippen LogP contribution >= 0.6 is 0 Å². The predicted octanol–water partition coefficient (Wildman–Crippen LogP) is 0.761. The molecule has 20 heavy (non-hydrogen) atoms. The van der Waals surface area contributed by atoms with E-state index in [0.717, 1.165) is 0 Å². The Morgan fingerprint density at radius 1 is 1.50 bits per heavy atom. The Morgan fingerprint density at radius 3 is 2.75 bits per heavy atom. The molecule has 1 aromatic heterocycles. The molecule has 0 aliphatic heterocycles. The van der Waals surface area contributed by atoms with E-state index in [1.807, 2.05) is 6.92 Å². The SMILES string of the molecule is CCNc1cc(S(=O)(=O)N(CCO)CC(F)F)ccn1. The molecule has 114 valence electrons. The maximum atomic E-state index is 12.4. The fraction of sp³-hybridized carbons (Fsp3) is 0.545. The lowest BCUT2D eigenvalue weighted by molar-refractivity contribution is 0.113. The third-order valence-corrected chi connectivity index (χ3v) is 4.28. The molecule has 0 amide bonds. The highest BCUT2D eigenvalue weighted by molar-refractivity contribution is 7.89. The zero-order valence-corrected chi connectivity index (χ0v) is 11.8. The van der Waals surface area contributed by atoms with Crippen molar-refractivity contribution in [3.63, 3.8) is 0 Å². The van der Waals surface area contributed by atoms with Gasteiger partial charge in [0.25, 0.3) is 6.43 Å². The quantitative estimate of drug-likeness (QED) is 0.741. The number of alkyl halides is 2. The van der Waals surface area contributed by atoms with Crippen LogP contribution in [-0.2, 0) is 10.0 Å². The van der Waals surface area contributed by atoms with E-state index >= 15 is 0 Å². The summed E-state index contributed by atoms with van der Waals surface area (Å²) in [6.07, 6.45) is -1.53. The molecule has 0 saturated heterocycles. The van der Waals surface area contributed by atoms with Crippen LogP contribution in [0.1, 0.15) is 6.92 Å². The number of hydrogen-bond donors (Lipinski definition) is 2. The van der Waals surface area contributed by atoms with Gasteiger partial charge in [0.05, 0.1) is 18.0 Å². The number of sulfonamides is 1. The minimum absolute atomic E-state index is 0.141. The predicted molar refractivity (Wildman–Crippen MR) is 70.2 cm³/mol. The van der Waals surface area contributed by atoms with Crippen molar-refractivity contribution in [2.24, 2.45) is 0 Å². The standard InChI is InChI=1S/C11H17F2N3O3S/c1-2-14-11-7-9(3-4-15-11)20(18,19)16(5-6-17)8-10(12)13/h3-4,7,10,17H,2,5-6,8H2,1H3,(H,14,15). The molecule has 6 nitrogen and oxygen atoms in total. The molecule has 0 radical (unpaired) electrons. The Hall–Kier alpha value is -1.32. The number of aliphatic hydroxyl groups excluding tert-OH is 1. The van der Waals surface area contributed by atoms with Crippen molar-refractivity contribution in [1.29, 1.82) is 0 Å². The molecule has 0 aromatic carbocycles. The number of nitrogens with zero attached hydrogens (tertiary/aromatic N) is 2. The smallest absolute Gasteiger partial charge is 0.252 e. The van der Waals surface area contributed by atoms with Crippen molar-refractivity contribution in [2.75, 3.05) is 31.6 Å². The summed E-state index contributed by atoms with van der Waals surface area (Å²) >= 11 is 0. The highest BCUT2D eigenvalue weighted by Crippen LogP contribution is 2.18. The fourth-order valence-corrected chi connectivity index (χ4v) is 3.00. The number of pyridine rings is 1. The Morgan fingerprint density at radius 2 is 2.20 bits per heavy atom. The summed E-state index contributed by atoms with van der Waals surface area (Å²) in [7, 11) is -4.09. The number of anilines is 1. The maximum absolute atomic E-state index is 12.4. The number of rotatable bonds is 8. The van der Waals surface area contributed by atoms with E-state index in [9.17, 15) is 17.2 Å². The van der Waals surface area contributed by atoms with Gasteiger partial charge in [0.1, 0.15) is 5.82 Å². The summed E-state index contributed by atoms with van der Waals surface area (Å²) < 4.78 is 49.9. The second-order valence-electron chi connectivity index (χ2n) is 3.88. The number of aromatic nitrogens is 1. The van der Waals surface area contributed by atoms with E-state index in [1.165, 1.54) is 18.3 Å². The van der Waals surface area contributed by atoms with E-state index in [0.29, 0.717) is 16.7 Å². The summed E-state index contributed by atoms with van der Waals surface area (Å²) in [4.78, 5) is 3.78. The number of hydrogen-bond acceptors (Lipinski definition) is 5. The van der Waals surface area contributed by atoms with Crippen LogP contribution in [0.4, 0.5) is 14.6 Å². The maximum Gasteiger partial charge on any atom is 0.252 e. The van der Waals surface area contributed by atoms with Crippen LogP contribution in [0.15, 0.2) is 23.2 Å². The number of aliphatic hydroxyl groups is 1. The number of nitrogens with one attached hydrogen (secondary N) is 1. The molecule has 2 N–H and O–H groups in total. The molecular formula is C11H17F2N3O3S. The normalized spacial score (nSPS) is 12.1. The largest absolute Gasteiger partial charge is 0.395 e. The van der Waals surface area contributed by atoms with Crippen LogP contribution in [0.3, 0.4) is 0 Å². The highest BCUT2D eigenvalue weighted by Gasteiger charge is 2.27. The molecule has 0 bridgehead atoms. The summed E-state index contributed by atoms with van der Waals surface area (Å²) in [6, 6.07) is 2.50. The fourth-order valence-electron chi connectivity index (χ4n) is 1.57. The zero-order chi connectivity index (χ0) is 15.2. The summed E-state index contributed by atoms with van der Waals surface area (Å²) in [5, 5.41) is 11.7. The molecular weight excluding hydrogens is 292 g/mol. The first kappa shape index (κ1) is 16.7. The molecule has 1 aromatic rings. The number of halogens is 2. The second kappa shape index (κ2) is 7.46. The molecule has 1 rings (SSSR count). The minimum Gasteiger partial charge on any atom is -0.395 e. The van der Waals surface area contributed by atoms with Crippen molar-refractivity contribution in [3.8, 4) is 0 Å². The summed E-state index contributed by atoms with van der Waals surface area (Å²) in [5.74, 6) is 0.342. The second-order valence-corrected chi connectivity index (χ2v) is 5.82. The van der Waals surface area contributed by atoms with Crippen LogP contribution in [0.5, 0.6) is 0 Å². The molecule has 0 aliphatic rings. The van der Waals surface area contributed by atoms with Crippen molar-refractivity contribution >= 4 is 15.8 Å². The van der Waals surface area contributed by atoms with Crippen molar-refractivity contribution in [1.82, 2.24) is 9.29 Å². The monoisotopic (exact) mass is 309 g/mol. The highest BCUT2D eigenvalue weighted by atomic mass is 32.2.